The molecule has 4 rings (SSSR count). The molecule has 2 aromatic rings. The smallest absolute Gasteiger partial charge is 0.255 e. The van der Waals surface area contributed by atoms with E-state index in [0.29, 0.717) is 29.8 Å². The van der Waals surface area contributed by atoms with Gasteiger partial charge in [0, 0.05) is 29.5 Å². The number of ether oxygens (including phenoxy) is 1. The van der Waals surface area contributed by atoms with E-state index in [-0.39, 0.29) is 11.8 Å². The molecule has 1 aliphatic heterocycles. The third kappa shape index (κ3) is 5.19. The Morgan fingerprint density at radius 3 is 2.35 bits per heavy atom. The Morgan fingerprint density at radius 2 is 1.61 bits per heavy atom. The van der Waals surface area contributed by atoms with Gasteiger partial charge in [-0.25, -0.2) is 0 Å². The Kier molecular flexibility index (Phi) is 6.75. The van der Waals surface area contributed by atoms with Crippen LogP contribution in [0.4, 0.5) is 11.4 Å². The topological polar surface area (TPSA) is 70.7 Å². The molecule has 31 heavy (non-hydrogen) atoms. The highest BCUT2D eigenvalue weighted by Crippen LogP contribution is 2.35. The molecule has 0 spiro atoms. The molecule has 6 heteroatoms. The predicted molar refractivity (Wildman–Crippen MR) is 123 cm³/mol. The number of likely N-dealkylation sites (tertiary alicyclic amines) is 1. The molecule has 2 aromatic carbocycles. The zero-order chi connectivity index (χ0) is 21.6. The first-order valence-electron chi connectivity index (χ1n) is 11.2. The molecule has 0 aromatic heterocycles. The van der Waals surface area contributed by atoms with Crippen LogP contribution in [0.15, 0.2) is 48.5 Å². The lowest BCUT2D eigenvalue weighted by atomic mass is 9.78. The van der Waals surface area contributed by atoms with Crippen LogP contribution in [0.5, 0.6) is 5.75 Å². The maximum absolute atomic E-state index is 12.8. The van der Waals surface area contributed by atoms with Gasteiger partial charge < -0.3 is 20.3 Å². The fourth-order valence-corrected chi connectivity index (χ4v) is 4.83. The Labute approximate surface area is 184 Å². The van der Waals surface area contributed by atoms with Gasteiger partial charge in [0.1, 0.15) is 5.75 Å². The number of piperidine rings is 1. The zero-order valence-electron chi connectivity index (χ0n) is 18.1. The average molecular weight is 422 g/mol. The maximum Gasteiger partial charge on any atom is 0.255 e. The van der Waals surface area contributed by atoms with Crippen LogP contribution in [0.3, 0.4) is 0 Å². The summed E-state index contributed by atoms with van der Waals surface area (Å²) in [7, 11) is 1.61. The van der Waals surface area contributed by atoms with Crippen LogP contribution in [-0.4, -0.2) is 43.0 Å². The second-order valence-electron chi connectivity index (χ2n) is 8.45. The van der Waals surface area contributed by atoms with Crippen molar-refractivity contribution in [2.75, 3.05) is 30.8 Å². The summed E-state index contributed by atoms with van der Waals surface area (Å²) < 4.78 is 5.13. The van der Waals surface area contributed by atoms with E-state index in [2.05, 4.69) is 15.5 Å². The van der Waals surface area contributed by atoms with E-state index in [1.165, 1.54) is 25.7 Å². The van der Waals surface area contributed by atoms with Gasteiger partial charge >= 0.3 is 0 Å². The summed E-state index contributed by atoms with van der Waals surface area (Å²) in [6.07, 6.45) is 7.33. The second kappa shape index (κ2) is 9.86. The highest BCUT2D eigenvalue weighted by atomic mass is 16.5. The first kappa shape index (κ1) is 21.2. The van der Waals surface area contributed by atoms with Gasteiger partial charge in [0.25, 0.3) is 5.91 Å². The summed E-state index contributed by atoms with van der Waals surface area (Å²) in [5.74, 6) is 1.43. The summed E-state index contributed by atoms with van der Waals surface area (Å²) in [5, 5.41) is 6.10. The van der Waals surface area contributed by atoms with Crippen molar-refractivity contribution in [2.45, 2.75) is 44.6 Å². The van der Waals surface area contributed by atoms with Crippen LogP contribution in [0.25, 0.3) is 0 Å². The minimum absolute atomic E-state index is 0.176. The number of hydrogen-bond acceptors (Lipinski definition) is 4. The molecule has 2 atom stereocenters. The molecule has 2 fully saturated rings. The monoisotopic (exact) mass is 421 g/mol. The molecule has 0 bridgehead atoms. The number of benzene rings is 2. The fourth-order valence-electron chi connectivity index (χ4n) is 4.83. The van der Waals surface area contributed by atoms with Crippen molar-refractivity contribution in [2.24, 2.45) is 5.92 Å². The second-order valence-corrected chi connectivity index (χ2v) is 8.45. The van der Waals surface area contributed by atoms with Gasteiger partial charge in [-0.1, -0.05) is 12.8 Å². The molecule has 2 unspecified atom stereocenters. The van der Waals surface area contributed by atoms with Gasteiger partial charge in [0.05, 0.1) is 13.7 Å². The van der Waals surface area contributed by atoms with Gasteiger partial charge in [-0.15, -0.1) is 0 Å². The summed E-state index contributed by atoms with van der Waals surface area (Å²) in [6, 6.07) is 14.9. The molecule has 1 aliphatic carbocycles. The van der Waals surface area contributed by atoms with Crippen molar-refractivity contribution < 1.29 is 14.3 Å². The summed E-state index contributed by atoms with van der Waals surface area (Å²) in [6.45, 7) is 1.17. The number of carbonyl (C=O) groups excluding carboxylic acids is 2. The largest absolute Gasteiger partial charge is 0.497 e. The third-order valence-electron chi connectivity index (χ3n) is 6.50. The SMILES string of the molecule is COc1ccc(NC(=O)c2ccc(NCC(=O)N3CCCC4CCCCC43)cc2)cc1. The average Bonchev–Trinajstić information content (AvgIpc) is 2.83. The standard InChI is InChI=1S/C25H31N3O3/c1-31-22-14-12-21(13-15-22)27-25(30)19-8-10-20(11-9-19)26-17-24(29)28-16-4-6-18-5-2-3-7-23(18)28/h8-15,18,23,26H,2-7,16-17H2,1H3,(H,27,30). The summed E-state index contributed by atoms with van der Waals surface area (Å²) in [4.78, 5) is 27.4. The van der Waals surface area contributed by atoms with Gasteiger partial charge in [-0.05, 0) is 80.1 Å². The van der Waals surface area contributed by atoms with Crippen molar-refractivity contribution in [1.82, 2.24) is 4.90 Å². The van der Waals surface area contributed by atoms with Gasteiger partial charge in [0.2, 0.25) is 5.91 Å². The number of anilines is 2. The van der Waals surface area contributed by atoms with Gasteiger partial charge in [-0.2, -0.15) is 0 Å². The van der Waals surface area contributed by atoms with Crippen molar-refractivity contribution in [1.29, 1.82) is 0 Å². The third-order valence-corrected chi connectivity index (χ3v) is 6.50. The highest BCUT2D eigenvalue weighted by molar-refractivity contribution is 6.04. The van der Waals surface area contributed by atoms with E-state index in [0.717, 1.165) is 30.8 Å². The summed E-state index contributed by atoms with van der Waals surface area (Å²) in [5.41, 5.74) is 2.11. The minimum Gasteiger partial charge on any atom is -0.497 e. The lowest BCUT2D eigenvalue weighted by molar-refractivity contribution is -0.135. The number of amides is 2. The molecular weight excluding hydrogens is 390 g/mol. The number of rotatable bonds is 6. The predicted octanol–water partition coefficient (Wildman–Crippen LogP) is 4.54. The van der Waals surface area contributed by atoms with Crippen molar-refractivity contribution in [3.05, 3.63) is 54.1 Å². The van der Waals surface area contributed by atoms with Gasteiger partial charge in [-0.3, -0.25) is 9.59 Å². The van der Waals surface area contributed by atoms with Crippen molar-refractivity contribution in [3.63, 3.8) is 0 Å². The van der Waals surface area contributed by atoms with E-state index >= 15 is 0 Å². The lowest BCUT2D eigenvalue weighted by Crippen LogP contribution is -2.51. The molecule has 2 N–H and O–H groups in total. The van der Waals surface area contributed by atoms with Crippen LogP contribution >= 0.6 is 0 Å². The Morgan fingerprint density at radius 1 is 0.935 bits per heavy atom. The van der Waals surface area contributed by atoms with E-state index in [1.807, 2.05) is 12.1 Å². The first-order chi connectivity index (χ1) is 15.1. The molecule has 1 saturated carbocycles. The molecule has 1 heterocycles. The molecule has 2 aliphatic rings. The molecule has 6 nitrogen and oxygen atoms in total. The number of nitrogens with zero attached hydrogens (tertiary/aromatic N) is 1. The Hall–Kier alpha value is -3.02. The molecular formula is C25H31N3O3. The van der Waals surface area contributed by atoms with Crippen LogP contribution in [0.1, 0.15) is 48.9 Å². The molecule has 0 radical (unpaired) electrons. The van der Waals surface area contributed by atoms with Crippen molar-refractivity contribution in [3.8, 4) is 5.75 Å². The zero-order valence-corrected chi connectivity index (χ0v) is 18.1. The van der Waals surface area contributed by atoms with Crippen LogP contribution < -0.4 is 15.4 Å². The normalized spacial score (nSPS) is 20.5. The Bertz CT molecular complexity index is 893. The first-order valence-corrected chi connectivity index (χ1v) is 11.2. The molecule has 164 valence electrons. The molecule has 2 amide bonds. The number of methoxy groups -OCH3 is 1. The number of nitrogens with one attached hydrogen (secondary N) is 2. The van der Waals surface area contributed by atoms with Crippen LogP contribution in [0, 0.1) is 5.92 Å². The lowest BCUT2D eigenvalue weighted by Gasteiger charge is -2.44. The number of carbonyl (C=O) groups is 2. The quantitative estimate of drug-likeness (QED) is 0.718. The van der Waals surface area contributed by atoms with E-state index in [9.17, 15) is 9.59 Å². The number of hydrogen-bond donors (Lipinski definition) is 2. The highest BCUT2D eigenvalue weighted by Gasteiger charge is 2.35. The summed E-state index contributed by atoms with van der Waals surface area (Å²) >= 11 is 0. The van der Waals surface area contributed by atoms with E-state index in [4.69, 9.17) is 4.74 Å². The fraction of sp³-hybridized carbons (Fsp3) is 0.440. The van der Waals surface area contributed by atoms with Gasteiger partial charge in [0.15, 0.2) is 0 Å². The van der Waals surface area contributed by atoms with Crippen LogP contribution in [-0.2, 0) is 4.79 Å². The van der Waals surface area contributed by atoms with Crippen molar-refractivity contribution >= 4 is 23.2 Å². The minimum atomic E-state index is -0.176. The van der Waals surface area contributed by atoms with E-state index in [1.54, 1.807) is 43.5 Å². The number of fused-ring (bicyclic) bond motifs is 1. The molecule has 1 saturated heterocycles. The van der Waals surface area contributed by atoms with E-state index < -0.39 is 0 Å². The maximum atomic E-state index is 12.8. The van der Waals surface area contributed by atoms with Crippen LogP contribution in [0.2, 0.25) is 0 Å². The Balaban J connectivity index is 1.29.